The van der Waals surface area contributed by atoms with E-state index in [1.54, 1.807) is 12.1 Å². The van der Waals surface area contributed by atoms with E-state index in [0.29, 0.717) is 31.5 Å². The summed E-state index contributed by atoms with van der Waals surface area (Å²) >= 11 is 33.0. The van der Waals surface area contributed by atoms with Crippen molar-refractivity contribution in [3.63, 3.8) is 0 Å². The van der Waals surface area contributed by atoms with Gasteiger partial charge in [0.05, 0.1) is 25.5 Å². The molecule has 8 heteroatoms. The summed E-state index contributed by atoms with van der Waals surface area (Å²) in [7, 11) is 0. The molecule has 2 rings (SSSR count). The van der Waals surface area contributed by atoms with Gasteiger partial charge in [-0.2, -0.15) is 0 Å². The molecule has 2 unspecified atom stereocenters. The highest BCUT2D eigenvalue weighted by atomic mass is 79.9. The van der Waals surface area contributed by atoms with Crippen LogP contribution in [-0.2, 0) is 16.1 Å². The molecule has 0 bridgehead atoms. The molecule has 0 amide bonds. The van der Waals surface area contributed by atoms with Gasteiger partial charge in [0.25, 0.3) is 0 Å². The Bertz CT molecular complexity index is 698. The molecular weight excluding hydrogens is 481 g/mol. The maximum absolute atomic E-state index is 12.4. The Hall–Kier alpha value is 0.360. The summed E-state index contributed by atoms with van der Waals surface area (Å²) in [5.74, 6) is -0.398. The number of carbonyl (C=O) groups excluding carboxylic acids is 1. The van der Waals surface area contributed by atoms with Crippen LogP contribution in [0.2, 0.25) is 15.1 Å². The number of carbonyl (C=O) groups is 1. The molecule has 0 spiro atoms. The maximum atomic E-state index is 12.4. The Kier molecular flexibility index (Phi) is 6.84. The van der Waals surface area contributed by atoms with Crippen LogP contribution in [-0.4, -0.2) is 5.97 Å². The smallest absolute Gasteiger partial charge is 0.309 e. The van der Waals surface area contributed by atoms with Crippen molar-refractivity contribution in [1.29, 1.82) is 0 Å². The third-order valence-corrected chi connectivity index (χ3v) is 7.11. The lowest BCUT2D eigenvalue weighted by atomic mass is 9.55. The average Bonchev–Trinajstić information content (AvgIpc) is 2.48. The molecule has 0 N–H and O–H groups in total. The van der Waals surface area contributed by atoms with Gasteiger partial charge in [0, 0.05) is 5.56 Å². The van der Waals surface area contributed by atoms with E-state index in [1.807, 2.05) is 13.8 Å². The average molecular weight is 495 g/mol. The maximum Gasteiger partial charge on any atom is 0.309 e. The van der Waals surface area contributed by atoms with Crippen LogP contribution < -0.4 is 0 Å². The summed E-state index contributed by atoms with van der Waals surface area (Å²) in [6.07, 6.45) is 2.40. The van der Waals surface area contributed by atoms with Crippen LogP contribution in [0.25, 0.3) is 0 Å². The molecule has 1 aliphatic carbocycles. The highest BCUT2D eigenvalue weighted by Gasteiger charge is 2.51. The summed E-state index contributed by atoms with van der Waals surface area (Å²) in [5.41, 5.74) is 0.237. The summed E-state index contributed by atoms with van der Waals surface area (Å²) in [5, 5.41) is 1.08. The first-order valence-corrected chi connectivity index (χ1v) is 9.75. The molecule has 0 heterocycles. The fourth-order valence-electron chi connectivity index (χ4n) is 2.77. The van der Waals surface area contributed by atoms with Crippen molar-refractivity contribution in [3.05, 3.63) is 41.7 Å². The van der Waals surface area contributed by atoms with Crippen molar-refractivity contribution < 1.29 is 9.53 Å². The van der Waals surface area contributed by atoms with Crippen LogP contribution in [0, 0.1) is 17.3 Å². The Morgan fingerprint density at radius 2 is 1.96 bits per heavy atom. The minimum absolute atomic E-state index is 0.0182. The number of allylic oxidation sites excluding steroid dienone is 1. The molecule has 0 aromatic heterocycles. The third-order valence-electron chi connectivity index (χ3n) is 4.52. The van der Waals surface area contributed by atoms with Crippen LogP contribution in [0.3, 0.4) is 0 Å². The first kappa shape index (κ1) is 20.7. The third kappa shape index (κ3) is 4.19. The van der Waals surface area contributed by atoms with Gasteiger partial charge in [0.1, 0.15) is 11.1 Å². The molecule has 1 aliphatic rings. The number of hydrogen-bond acceptors (Lipinski definition) is 2. The lowest BCUT2D eigenvalue weighted by Crippen LogP contribution is -2.48. The van der Waals surface area contributed by atoms with Gasteiger partial charge in [0.2, 0.25) is 0 Å². The lowest BCUT2D eigenvalue weighted by molar-refractivity contribution is -0.164. The zero-order valence-electron chi connectivity index (χ0n) is 12.8. The van der Waals surface area contributed by atoms with E-state index in [2.05, 4.69) is 15.9 Å². The Labute approximate surface area is 174 Å². The quantitative estimate of drug-likeness (QED) is 0.247. The summed E-state index contributed by atoms with van der Waals surface area (Å²) in [6, 6.07) is 1.55. The minimum Gasteiger partial charge on any atom is -0.460 e. The number of benzene rings is 1. The second-order valence-corrected chi connectivity index (χ2v) is 9.22. The summed E-state index contributed by atoms with van der Waals surface area (Å²) in [6.45, 7) is 3.95. The zero-order valence-corrected chi connectivity index (χ0v) is 18.2. The Morgan fingerprint density at radius 1 is 1.33 bits per heavy atom. The van der Waals surface area contributed by atoms with E-state index >= 15 is 0 Å². The lowest BCUT2D eigenvalue weighted by Gasteiger charge is -2.49. The van der Waals surface area contributed by atoms with Crippen molar-refractivity contribution in [2.45, 2.75) is 26.9 Å². The molecule has 0 aliphatic heterocycles. The molecular formula is C16H14BrCl5O2. The summed E-state index contributed by atoms with van der Waals surface area (Å²) < 4.78 is 6.15. The van der Waals surface area contributed by atoms with Gasteiger partial charge in [-0.1, -0.05) is 77.9 Å². The van der Waals surface area contributed by atoms with Crippen LogP contribution in [0.15, 0.2) is 21.1 Å². The van der Waals surface area contributed by atoms with E-state index in [9.17, 15) is 4.79 Å². The van der Waals surface area contributed by atoms with Gasteiger partial charge in [-0.25, -0.2) is 0 Å². The van der Waals surface area contributed by atoms with E-state index in [-0.39, 0.29) is 34.3 Å². The largest absolute Gasteiger partial charge is 0.460 e. The molecule has 1 fully saturated rings. The molecule has 0 radical (unpaired) electrons. The van der Waals surface area contributed by atoms with Crippen LogP contribution in [0.1, 0.15) is 25.8 Å². The van der Waals surface area contributed by atoms with E-state index in [4.69, 9.17) is 62.7 Å². The molecule has 2 nitrogen and oxygen atoms in total. The van der Waals surface area contributed by atoms with E-state index < -0.39 is 0 Å². The molecule has 2 atom stereocenters. The molecule has 1 aromatic rings. The topological polar surface area (TPSA) is 26.3 Å². The predicted octanol–water partition coefficient (Wildman–Crippen LogP) is 7.43. The molecule has 1 saturated carbocycles. The van der Waals surface area contributed by atoms with Gasteiger partial charge in [-0.3, -0.25) is 4.79 Å². The highest BCUT2D eigenvalue weighted by molar-refractivity contribution is 9.10. The van der Waals surface area contributed by atoms with Crippen molar-refractivity contribution in [2.75, 3.05) is 0 Å². The SMILES string of the molecule is CC1(C)C(C=C(Cl)Cl)CC1C(=O)OCc1c(Cl)cc(Cl)c(Br)c1Cl. The van der Waals surface area contributed by atoms with Crippen LogP contribution in [0.4, 0.5) is 0 Å². The van der Waals surface area contributed by atoms with E-state index in [1.165, 1.54) is 0 Å². The van der Waals surface area contributed by atoms with E-state index in [0.717, 1.165) is 0 Å². The fraction of sp³-hybridized carbons (Fsp3) is 0.438. The van der Waals surface area contributed by atoms with Crippen molar-refractivity contribution in [3.8, 4) is 0 Å². The normalized spacial score (nSPS) is 21.8. The standard InChI is InChI=1S/C16H14BrCl5O2/c1-16(2)7(4-12(20)21)3-9(16)15(23)24-6-8-10(18)5-11(19)13(17)14(8)22/h4-5,7,9H,3,6H2,1-2H3. The van der Waals surface area contributed by atoms with Gasteiger partial charge < -0.3 is 4.74 Å². The minimum atomic E-state index is -0.298. The molecule has 24 heavy (non-hydrogen) atoms. The second-order valence-electron chi connectivity index (χ2n) is 6.23. The summed E-state index contributed by atoms with van der Waals surface area (Å²) in [4.78, 5) is 12.4. The molecule has 0 saturated heterocycles. The number of rotatable bonds is 4. The first-order valence-electron chi connectivity index (χ1n) is 7.07. The van der Waals surface area contributed by atoms with Gasteiger partial charge >= 0.3 is 5.97 Å². The van der Waals surface area contributed by atoms with Crippen molar-refractivity contribution in [1.82, 2.24) is 0 Å². The number of halogens is 6. The van der Waals surface area contributed by atoms with Gasteiger partial charge in [0.15, 0.2) is 0 Å². The number of ether oxygens (including phenoxy) is 1. The van der Waals surface area contributed by atoms with Crippen molar-refractivity contribution in [2.24, 2.45) is 17.3 Å². The highest BCUT2D eigenvalue weighted by Crippen LogP contribution is 2.53. The number of esters is 1. The van der Waals surface area contributed by atoms with Gasteiger partial charge in [-0.15, -0.1) is 0 Å². The first-order chi connectivity index (χ1) is 11.1. The van der Waals surface area contributed by atoms with Crippen LogP contribution in [0.5, 0.6) is 0 Å². The Balaban J connectivity index is 2.06. The predicted molar refractivity (Wildman–Crippen MR) is 104 cm³/mol. The molecule has 132 valence electrons. The second kappa shape index (κ2) is 7.94. The van der Waals surface area contributed by atoms with Crippen molar-refractivity contribution >= 4 is 79.9 Å². The monoisotopic (exact) mass is 492 g/mol. The zero-order chi connectivity index (χ0) is 18.2. The van der Waals surface area contributed by atoms with Crippen LogP contribution >= 0.6 is 73.9 Å². The Morgan fingerprint density at radius 3 is 2.50 bits per heavy atom. The molecule has 1 aromatic carbocycles. The van der Waals surface area contributed by atoms with Gasteiger partial charge in [-0.05, 0) is 39.8 Å². The fourth-order valence-corrected chi connectivity index (χ4v) is 4.30. The number of hydrogen-bond donors (Lipinski definition) is 0.